The Kier molecular flexibility index (Phi) is 3.19. The highest BCUT2D eigenvalue weighted by Crippen LogP contribution is 2.23. The maximum absolute atomic E-state index is 11.9. The minimum atomic E-state index is -1.25. The number of aliphatic hydroxyl groups is 1. The molecule has 0 amide bonds. The van der Waals surface area contributed by atoms with Gasteiger partial charge < -0.3 is 9.52 Å². The quantitative estimate of drug-likeness (QED) is 0.843. The fourth-order valence-corrected chi connectivity index (χ4v) is 1.70. The lowest BCUT2D eigenvalue weighted by molar-refractivity contribution is 0.189. The zero-order valence-corrected chi connectivity index (χ0v) is 9.57. The van der Waals surface area contributed by atoms with E-state index in [0.29, 0.717) is 11.0 Å². The van der Waals surface area contributed by atoms with Gasteiger partial charge in [-0.15, -0.1) is 23.2 Å². The van der Waals surface area contributed by atoms with Crippen molar-refractivity contribution in [3.8, 4) is 0 Å². The van der Waals surface area contributed by atoms with Crippen molar-refractivity contribution in [3.63, 3.8) is 0 Å². The lowest BCUT2D eigenvalue weighted by atomic mass is 10.1. The van der Waals surface area contributed by atoms with E-state index in [9.17, 15) is 9.90 Å². The molecule has 0 aliphatic rings. The van der Waals surface area contributed by atoms with E-state index in [-0.39, 0.29) is 11.0 Å². The fraction of sp³-hybridized carbons (Fsp3) is 0.182. The zero-order chi connectivity index (χ0) is 11.7. The molecular formula is C11H8Cl2O3. The number of halogens is 2. The van der Waals surface area contributed by atoms with Crippen LogP contribution in [0.2, 0.25) is 0 Å². The molecule has 0 aliphatic carbocycles. The summed E-state index contributed by atoms with van der Waals surface area (Å²) in [5.74, 6) is 0. The summed E-state index contributed by atoms with van der Waals surface area (Å²) in [4.78, 5) is 10.9. The number of aliphatic hydroxyl groups excluding tert-OH is 1. The molecule has 2 aromatic rings. The highest BCUT2D eigenvalue weighted by Gasteiger charge is 2.20. The summed E-state index contributed by atoms with van der Waals surface area (Å²) >= 11 is 11.0. The average molecular weight is 259 g/mol. The van der Waals surface area contributed by atoms with E-state index in [1.807, 2.05) is 0 Å². The molecule has 84 valence electrons. The van der Waals surface area contributed by atoms with Gasteiger partial charge in [0.15, 0.2) is 5.43 Å². The first-order valence-electron chi connectivity index (χ1n) is 4.58. The molecule has 1 aromatic carbocycles. The van der Waals surface area contributed by atoms with Gasteiger partial charge in [-0.25, -0.2) is 0 Å². The van der Waals surface area contributed by atoms with Crippen LogP contribution in [0.3, 0.4) is 0 Å². The molecule has 0 bridgehead atoms. The van der Waals surface area contributed by atoms with E-state index in [2.05, 4.69) is 0 Å². The molecule has 3 nitrogen and oxygen atoms in total. The van der Waals surface area contributed by atoms with Gasteiger partial charge in [-0.05, 0) is 12.1 Å². The first-order valence-corrected chi connectivity index (χ1v) is 5.45. The van der Waals surface area contributed by atoms with Crippen molar-refractivity contribution in [2.75, 3.05) is 0 Å². The average Bonchev–Trinajstić information content (AvgIpc) is 2.29. The predicted molar refractivity (Wildman–Crippen MR) is 62.9 cm³/mol. The van der Waals surface area contributed by atoms with Crippen LogP contribution in [0, 0.1) is 0 Å². The van der Waals surface area contributed by atoms with Crippen LogP contribution in [0.5, 0.6) is 0 Å². The molecular weight excluding hydrogens is 251 g/mol. The predicted octanol–water partition coefficient (Wildman–Crippen LogP) is 2.63. The Balaban J connectivity index is 2.66. The minimum absolute atomic E-state index is 0.0636. The number of hydrogen-bond donors (Lipinski definition) is 1. The lowest BCUT2D eigenvalue weighted by Crippen LogP contribution is -2.17. The van der Waals surface area contributed by atoms with E-state index in [4.69, 9.17) is 27.6 Å². The summed E-state index contributed by atoms with van der Waals surface area (Å²) in [6.07, 6.45) is -0.0585. The zero-order valence-electron chi connectivity index (χ0n) is 8.06. The molecule has 0 saturated carbocycles. The first kappa shape index (κ1) is 11.5. The molecule has 0 saturated heterocycles. The second-order valence-corrected chi connectivity index (χ2v) is 4.46. The van der Waals surface area contributed by atoms with Crippen LogP contribution in [0.1, 0.15) is 11.7 Å². The van der Waals surface area contributed by atoms with Crippen LogP contribution in [0.25, 0.3) is 11.0 Å². The Hall–Kier alpha value is -1.03. The lowest BCUT2D eigenvalue weighted by Gasteiger charge is -2.10. The summed E-state index contributed by atoms with van der Waals surface area (Å²) in [6.45, 7) is 0. The van der Waals surface area contributed by atoms with Crippen LogP contribution in [-0.4, -0.2) is 9.94 Å². The van der Waals surface area contributed by atoms with Gasteiger partial charge in [0.1, 0.15) is 22.8 Å². The normalized spacial score (nSPS) is 13.2. The topological polar surface area (TPSA) is 50.4 Å². The molecule has 1 atom stereocenters. The number of alkyl halides is 2. The molecule has 0 aliphatic heterocycles. The highest BCUT2D eigenvalue weighted by atomic mass is 35.5. The van der Waals surface area contributed by atoms with Gasteiger partial charge >= 0.3 is 0 Å². The van der Waals surface area contributed by atoms with Crippen molar-refractivity contribution in [2.24, 2.45) is 0 Å². The molecule has 1 unspecified atom stereocenters. The van der Waals surface area contributed by atoms with Gasteiger partial charge in [0, 0.05) is 0 Å². The second kappa shape index (κ2) is 4.45. The third-order valence-corrected chi connectivity index (χ3v) is 2.74. The van der Waals surface area contributed by atoms with Crippen molar-refractivity contribution < 1.29 is 9.52 Å². The Morgan fingerprint density at radius 2 is 1.94 bits per heavy atom. The van der Waals surface area contributed by atoms with Crippen LogP contribution in [0.15, 0.2) is 39.7 Å². The number of benzene rings is 1. The van der Waals surface area contributed by atoms with Crippen molar-refractivity contribution in [3.05, 3.63) is 46.3 Å². The molecule has 0 radical (unpaired) electrons. The molecule has 1 aromatic heterocycles. The van der Waals surface area contributed by atoms with Crippen LogP contribution < -0.4 is 5.43 Å². The van der Waals surface area contributed by atoms with E-state index >= 15 is 0 Å². The fourth-order valence-electron chi connectivity index (χ4n) is 1.43. The number of para-hydroxylation sites is 1. The number of fused-ring (bicyclic) bond motifs is 1. The Morgan fingerprint density at radius 3 is 2.62 bits per heavy atom. The van der Waals surface area contributed by atoms with Crippen LogP contribution in [-0.2, 0) is 0 Å². The van der Waals surface area contributed by atoms with Gasteiger partial charge in [0.05, 0.1) is 10.9 Å². The summed E-state index contributed by atoms with van der Waals surface area (Å²) < 4.78 is 5.22. The van der Waals surface area contributed by atoms with E-state index in [1.54, 1.807) is 24.3 Å². The summed E-state index contributed by atoms with van der Waals surface area (Å²) in [5, 5.41) is 10.0. The van der Waals surface area contributed by atoms with E-state index in [0.717, 1.165) is 0 Å². The number of rotatable bonds is 2. The van der Waals surface area contributed by atoms with Gasteiger partial charge in [-0.2, -0.15) is 0 Å². The Labute approximate surface area is 101 Å². The third kappa shape index (κ3) is 1.94. The molecule has 16 heavy (non-hydrogen) atoms. The highest BCUT2D eigenvalue weighted by molar-refractivity contribution is 6.44. The van der Waals surface area contributed by atoms with Gasteiger partial charge in [-0.1, -0.05) is 12.1 Å². The summed E-state index contributed by atoms with van der Waals surface area (Å²) in [6, 6.07) is 6.77. The second-order valence-electron chi connectivity index (χ2n) is 3.30. The molecule has 2 rings (SSSR count). The summed E-state index contributed by atoms with van der Waals surface area (Å²) in [7, 11) is 0. The van der Waals surface area contributed by atoms with E-state index in [1.165, 1.54) is 6.26 Å². The third-order valence-electron chi connectivity index (χ3n) is 2.26. The maximum atomic E-state index is 11.9. The first-order chi connectivity index (χ1) is 7.61. The number of hydrogen-bond acceptors (Lipinski definition) is 3. The van der Waals surface area contributed by atoms with E-state index < -0.39 is 10.9 Å². The molecule has 1 N–H and O–H groups in total. The van der Waals surface area contributed by atoms with Crippen LogP contribution in [0.4, 0.5) is 0 Å². The molecule has 5 heteroatoms. The molecule has 1 heterocycles. The Morgan fingerprint density at radius 1 is 1.25 bits per heavy atom. The standard InChI is InChI=1S/C11H8Cl2O3/c12-11(13)10(15)7-5-16-8-4-2-1-3-6(8)9(7)14/h1-5,10-11,15H. The monoisotopic (exact) mass is 258 g/mol. The van der Waals surface area contributed by atoms with Crippen molar-refractivity contribution in [1.82, 2.24) is 0 Å². The van der Waals surface area contributed by atoms with Crippen molar-refractivity contribution >= 4 is 34.2 Å². The largest absolute Gasteiger partial charge is 0.464 e. The minimum Gasteiger partial charge on any atom is -0.464 e. The van der Waals surface area contributed by atoms with Crippen molar-refractivity contribution in [2.45, 2.75) is 10.9 Å². The maximum Gasteiger partial charge on any atom is 0.198 e. The van der Waals surface area contributed by atoms with Gasteiger partial charge in [0.25, 0.3) is 0 Å². The summed E-state index contributed by atoms with van der Waals surface area (Å²) in [5.41, 5.74) is 0.207. The SMILES string of the molecule is O=c1c(C(O)C(Cl)Cl)coc2ccccc12. The van der Waals surface area contributed by atoms with Crippen molar-refractivity contribution in [1.29, 1.82) is 0 Å². The molecule has 0 fully saturated rings. The Bertz CT molecular complexity index is 562. The van der Waals surface area contributed by atoms with Crippen LogP contribution >= 0.6 is 23.2 Å². The molecule has 0 spiro atoms. The van der Waals surface area contributed by atoms with Gasteiger partial charge in [0.2, 0.25) is 0 Å². The van der Waals surface area contributed by atoms with Gasteiger partial charge in [-0.3, -0.25) is 4.79 Å². The smallest absolute Gasteiger partial charge is 0.198 e.